The summed E-state index contributed by atoms with van der Waals surface area (Å²) < 4.78 is 18.1. The molecule has 0 aliphatic heterocycles. The standard InChI is InChI=1S/C42H54N4O6/c1-9-12-13-37(52-36-23-14-27(41(4,5)10-2)24-32(36)42(6,7)11-3)39(48)45-34-25-35(47)33(46-40(49)44-29-17-15-28(43)16-18-29)26-38(34)51-31-21-19-30(50-8)20-22-31/h14-26,37,47H,9-13,43H2,1-8H3,(H,45,48)(H2,44,46,49). The number of ether oxygens (including phenoxy) is 3. The third-order valence-corrected chi connectivity index (χ3v) is 9.70. The second-order valence-electron chi connectivity index (χ2n) is 14.3. The zero-order valence-electron chi connectivity index (χ0n) is 31.7. The normalized spacial score (nSPS) is 12.1. The van der Waals surface area contributed by atoms with E-state index in [2.05, 4.69) is 76.5 Å². The molecule has 52 heavy (non-hydrogen) atoms. The zero-order valence-corrected chi connectivity index (χ0v) is 31.7. The molecule has 0 bridgehead atoms. The summed E-state index contributed by atoms with van der Waals surface area (Å²) in [5.74, 6) is 1.26. The molecule has 10 heteroatoms. The summed E-state index contributed by atoms with van der Waals surface area (Å²) in [5, 5.41) is 19.4. The van der Waals surface area contributed by atoms with Gasteiger partial charge in [0.05, 0.1) is 18.5 Å². The van der Waals surface area contributed by atoms with Crippen LogP contribution in [0, 0.1) is 0 Å². The van der Waals surface area contributed by atoms with Gasteiger partial charge < -0.3 is 41.0 Å². The minimum atomic E-state index is -0.837. The van der Waals surface area contributed by atoms with Crippen LogP contribution in [0.4, 0.5) is 27.5 Å². The number of methoxy groups -OCH3 is 1. The third-order valence-electron chi connectivity index (χ3n) is 9.70. The number of aromatic hydroxyl groups is 1. The molecule has 3 amide bonds. The van der Waals surface area contributed by atoms with Crippen LogP contribution in [0.5, 0.6) is 28.7 Å². The first-order valence-electron chi connectivity index (χ1n) is 17.9. The summed E-state index contributed by atoms with van der Waals surface area (Å²) in [6, 6.07) is 22.1. The van der Waals surface area contributed by atoms with Crippen molar-refractivity contribution in [3.05, 3.63) is 90.0 Å². The van der Waals surface area contributed by atoms with Crippen LogP contribution in [-0.4, -0.2) is 30.3 Å². The highest BCUT2D eigenvalue weighted by Crippen LogP contribution is 2.41. The molecule has 0 aromatic heterocycles. The highest BCUT2D eigenvalue weighted by molar-refractivity contribution is 6.02. The van der Waals surface area contributed by atoms with Gasteiger partial charge in [-0.3, -0.25) is 4.79 Å². The fourth-order valence-corrected chi connectivity index (χ4v) is 5.45. The Labute approximate surface area is 308 Å². The Bertz CT molecular complexity index is 1820. The Morgan fingerprint density at radius 1 is 0.769 bits per heavy atom. The van der Waals surface area contributed by atoms with Gasteiger partial charge in [0.25, 0.3) is 5.91 Å². The van der Waals surface area contributed by atoms with Crippen LogP contribution in [0.15, 0.2) is 78.9 Å². The SMILES string of the molecule is CCCCC(Oc1ccc(C(C)(C)CC)cc1C(C)(C)CC)C(=O)Nc1cc(O)c(NC(=O)Nc2ccc(N)cc2)cc1Oc1ccc(OC)cc1. The number of hydrogen-bond donors (Lipinski definition) is 5. The van der Waals surface area contributed by atoms with Gasteiger partial charge in [0, 0.05) is 29.1 Å². The first-order chi connectivity index (χ1) is 24.7. The van der Waals surface area contributed by atoms with E-state index < -0.39 is 18.0 Å². The van der Waals surface area contributed by atoms with E-state index in [4.69, 9.17) is 19.9 Å². The second-order valence-corrected chi connectivity index (χ2v) is 14.3. The molecule has 278 valence electrons. The Balaban J connectivity index is 1.68. The monoisotopic (exact) mass is 710 g/mol. The second kappa shape index (κ2) is 17.2. The molecule has 0 radical (unpaired) electrons. The quantitative estimate of drug-likeness (QED) is 0.0575. The van der Waals surface area contributed by atoms with E-state index in [1.807, 2.05) is 6.07 Å². The maximum absolute atomic E-state index is 14.1. The van der Waals surface area contributed by atoms with E-state index in [0.717, 1.165) is 31.2 Å². The summed E-state index contributed by atoms with van der Waals surface area (Å²) in [6.45, 7) is 15.3. The van der Waals surface area contributed by atoms with Crippen LogP contribution in [0.1, 0.15) is 91.7 Å². The number of phenolic OH excluding ortho intramolecular Hbond substituents is 1. The van der Waals surface area contributed by atoms with E-state index in [1.165, 1.54) is 17.7 Å². The molecule has 6 N–H and O–H groups in total. The van der Waals surface area contributed by atoms with E-state index in [0.29, 0.717) is 35.0 Å². The van der Waals surface area contributed by atoms with Gasteiger partial charge in [-0.15, -0.1) is 0 Å². The Morgan fingerprint density at radius 3 is 2.04 bits per heavy atom. The first kappa shape index (κ1) is 39.4. The largest absolute Gasteiger partial charge is 0.506 e. The summed E-state index contributed by atoms with van der Waals surface area (Å²) in [5.41, 5.74) is 9.15. The van der Waals surface area contributed by atoms with E-state index in [9.17, 15) is 14.7 Å². The highest BCUT2D eigenvalue weighted by Gasteiger charge is 2.30. The van der Waals surface area contributed by atoms with Crippen LogP contribution < -0.4 is 35.9 Å². The van der Waals surface area contributed by atoms with E-state index in [1.54, 1.807) is 55.6 Å². The van der Waals surface area contributed by atoms with Crippen molar-refractivity contribution in [1.82, 2.24) is 0 Å². The molecule has 4 aromatic rings. The number of amides is 3. The lowest BCUT2D eigenvalue weighted by Gasteiger charge is -2.31. The molecule has 0 saturated carbocycles. The lowest BCUT2D eigenvalue weighted by atomic mass is 9.76. The number of nitrogens with two attached hydrogens (primary N) is 1. The number of carbonyl (C=O) groups is 2. The van der Waals surface area contributed by atoms with Gasteiger partial charge in [-0.05, 0) is 96.7 Å². The minimum absolute atomic E-state index is 0.0177. The number of urea groups is 1. The number of carbonyl (C=O) groups excluding carboxylic acids is 2. The molecule has 0 aliphatic carbocycles. The van der Waals surface area contributed by atoms with Crippen molar-refractivity contribution in [2.45, 2.75) is 97.5 Å². The van der Waals surface area contributed by atoms with Crippen molar-refractivity contribution in [2.75, 3.05) is 28.8 Å². The van der Waals surface area contributed by atoms with Gasteiger partial charge in [0.2, 0.25) is 0 Å². The Kier molecular flexibility index (Phi) is 13.1. The maximum Gasteiger partial charge on any atom is 0.323 e. The molecular formula is C42H54N4O6. The average Bonchev–Trinajstić information content (AvgIpc) is 3.13. The van der Waals surface area contributed by atoms with Crippen molar-refractivity contribution in [3.63, 3.8) is 0 Å². The highest BCUT2D eigenvalue weighted by atomic mass is 16.5. The minimum Gasteiger partial charge on any atom is -0.506 e. The fourth-order valence-electron chi connectivity index (χ4n) is 5.45. The molecule has 4 aromatic carbocycles. The number of rotatable bonds is 16. The predicted octanol–water partition coefficient (Wildman–Crippen LogP) is 10.4. The summed E-state index contributed by atoms with van der Waals surface area (Å²) in [4.78, 5) is 27.0. The number of benzene rings is 4. The molecule has 0 aliphatic rings. The Hall–Kier alpha value is -5.38. The van der Waals surface area contributed by atoms with E-state index >= 15 is 0 Å². The first-order valence-corrected chi connectivity index (χ1v) is 17.9. The van der Waals surface area contributed by atoms with Gasteiger partial charge in [0.1, 0.15) is 23.0 Å². The number of nitrogen functional groups attached to an aromatic ring is 1. The smallest absolute Gasteiger partial charge is 0.323 e. The van der Waals surface area contributed by atoms with Crippen LogP contribution >= 0.6 is 0 Å². The molecular weight excluding hydrogens is 656 g/mol. The molecule has 1 atom stereocenters. The average molecular weight is 711 g/mol. The third kappa shape index (κ3) is 10.1. The van der Waals surface area contributed by atoms with Crippen molar-refractivity contribution < 1.29 is 28.9 Å². The van der Waals surface area contributed by atoms with Crippen molar-refractivity contribution in [3.8, 4) is 28.7 Å². The van der Waals surface area contributed by atoms with Crippen molar-refractivity contribution in [1.29, 1.82) is 0 Å². The molecule has 0 saturated heterocycles. The molecule has 1 unspecified atom stereocenters. The zero-order chi connectivity index (χ0) is 38.1. The summed E-state index contributed by atoms with van der Waals surface area (Å²) in [6.07, 6.45) is 3.14. The van der Waals surface area contributed by atoms with Gasteiger partial charge in [-0.2, -0.15) is 0 Å². The van der Waals surface area contributed by atoms with Crippen molar-refractivity contribution in [2.24, 2.45) is 0 Å². The van der Waals surface area contributed by atoms with E-state index in [-0.39, 0.29) is 33.7 Å². The summed E-state index contributed by atoms with van der Waals surface area (Å²) in [7, 11) is 1.57. The predicted molar refractivity (Wildman–Crippen MR) is 210 cm³/mol. The number of phenols is 1. The number of hydrogen-bond acceptors (Lipinski definition) is 7. The number of anilines is 4. The van der Waals surface area contributed by atoms with Gasteiger partial charge >= 0.3 is 6.03 Å². The summed E-state index contributed by atoms with van der Waals surface area (Å²) >= 11 is 0. The molecule has 4 rings (SSSR count). The van der Waals surface area contributed by atoms with Gasteiger partial charge in [0.15, 0.2) is 11.9 Å². The molecule has 0 spiro atoms. The van der Waals surface area contributed by atoms with Crippen LogP contribution in [-0.2, 0) is 15.6 Å². The van der Waals surface area contributed by atoms with Crippen LogP contribution in [0.25, 0.3) is 0 Å². The number of nitrogens with one attached hydrogen (secondary N) is 3. The van der Waals surface area contributed by atoms with Crippen LogP contribution in [0.2, 0.25) is 0 Å². The lowest BCUT2D eigenvalue weighted by Crippen LogP contribution is -2.34. The topological polar surface area (TPSA) is 144 Å². The lowest BCUT2D eigenvalue weighted by molar-refractivity contribution is -0.123. The number of unbranched alkanes of at least 4 members (excludes halogenated alkanes) is 1. The molecule has 10 nitrogen and oxygen atoms in total. The van der Waals surface area contributed by atoms with Crippen molar-refractivity contribution >= 4 is 34.7 Å². The molecule has 0 heterocycles. The maximum atomic E-state index is 14.1. The van der Waals surface area contributed by atoms with Crippen LogP contribution in [0.3, 0.4) is 0 Å². The van der Waals surface area contributed by atoms with Gasteiger partial charge in [-0.1, -0.05) is 67.0 Å². The Morgan fingerprint density at radius 2 is 1.42 bits per heavy atom. The fraction of sp³-hybridized carbons (Fsp3) is 0.381. The molecule has 0 fully saturated rings. The van der Waals surface area contributed by atoms with Gasteiger partial charge in [-0.25, -0.2) is 4.79 Å².